The number of halogens is 3. The Morgan fingerprint density at radius 2 is 1.67 bits per heavy atom. The standard InChI is InChI=1S/C19H23F3N2O3/c20-19(21,22)14-5-3-13(4-6-14)18(9-10-18)11-23-17(27)24-15-7-1-12(2-8-15)16(25)26/h3-6,12,15H,1-2,7-11H2,(H,25,26)(H2,23,24,27). The molecule has 0 heterocycles. The van der Waals surface area contributed by atoms with Gasteiger partial charge in [-0.1, -0.05) is 12.1 Å². The molecule has 0 aliphatic heterocycles. The van der Waals surface area contributed by atoms with Crippen LogP contribution in [0.4, 0.5) is 18.0 Å². The molecule has 0 bridgehead atoms. The molecule has 2 aliphatic carbocycles. The van der Waals surface area contributed by atoms with E-state index in [2.05, 4.69) is 10.6 Å². The number of urea groups is 1. The first-order valence-electron chi connectivity index (χ1n) is 9.14. The Morgan fingerprint density at radius 3 is 2.15 bits per heavy atom. The second-order valence-corrected chi connectivity index (χ2v) is 7.57. The van der Waals surface area contributed by atoms with Gasteiger partial charge in [-0.15, -0.1) is 0 Å². The lowest BCUT2D eigenvalue weighted by Crippen LogP contribution is -2.46. The molecule has 2 aliphatic rings. The summed E-state index contributed by atoms with van der Waals surface area (Å²) in [5, 5.41) is 14.7. The molecule has 0 radical (unpaired) electrons. The fraction of sp³-hybridized carbons (Fsp3) is 0.579. The van der Waals surface area contributed by atoms with Gasteiger partial charge in [0.2, 0.25) is 0 Å². The fourth-order valence-electron chi connectivity index (χ4n) is 3.70. The maximum Gasteiger partial charge on any atom is 0.416 e. The molecule has 27 heavy (non-hydrogen) atoms. The molecule has 5 nitrogen and oxygen atoms in total. The van der Waals surface area contributed by atoms with Crippen LogP contribution in [0.25, 0.3) is 0 Å². The Hall–Kier alpha value is -2.25. The zero-order valence-electron chi connectivity index (χ0n) is 14.8. The molecule has 3 N–H and O–H groups in total. The Kier molecular flexibility index (Phi) is 5.35. The van der Waals surface area contributed by atoms with Crippen LogP contribution in [0.1, 0.15) is 49.7 Å². The molecule has 2 amide bonds. The molecule has 0 atom stereocenters. The topological polar surface area (TPSA) is 78.4 Å². The van der Waals surface area contributed by atoms with Crippen molar-refractivity contribution in [2.75, 3.05) is 6.54 Å². The number of hydrogen-bond acceptors (Lipinski definition) is 2. The van der Waals surface area contributed by atoms with E-state index < -0.39 is 17.7 Å². The van der Waals surface area contributed by atoms with Crippen molar-refractivity contribution in [3.63, 3.8) is 0 Å². The van der Waals surface area contributed by atoms with Gasteiger partial charge < -0.3 is 15.7 Å². The molecule has 0 unspecified atom stereocenters. The van der Waals surface area contributed by atoms with E-state index in [4.69, 9.17) is 5.11 Å². The molecule has 2 saturated carbocycles. The number of carboxylic acids is 1. The zero-order chi connectivity index (χ0) is 19.7. The predicted octanol–water partition coefficient (Wildman–Crippen LogP) is 3.68. The number of carbonyl (C=O) groups is 2. The summed E-state index contributed by atoms with van der Waals surface area (Å²) < 4.78 is 38.0. The van der Waals surface area contributed by atoms with Gasteiger partial charge in [-0.25, -0.2) is 4.79 Å². The summed E-state index contributed by atoms with van der Waals surface area (Å²) in [5.41, 5.74) is -0.162. The van der Waals surface area contributed by atoms with Gasteiger partial charge in [-0.05, 0) is 56.2 Å². The van der Waals surface area contributed by atoms with Crippen molar-refractivity contribution in [2.45, 2.75) is 56.2 Å². The molecule has 0 spiro atoms. The number of nitrogens with one attached hydrogen (secondary N) is 2. The Morgan fingerprint density at radius 1 is 1.07 bits per heavy atom. The Balaban J connectivity index is 1.48. The molecule has 148 valence electrons. The van der Waals surface area contributed by atoms with Gasteiger partial charge in [0.1, 0.15) is 0 Å². The van der Waals surface area contributed by atoms with Crippen LogP contribution in [-0.4, -0.2) is 29.7 Å². The highest BCUT2D eigenvalue weighted by Gasteiger charge is 2.44. The van der Waals surface area contributed by atoms with Crippen molar-refractivity contribution in [2.24, 2.45) is 5.92 Å². The molecule has 1 aromatic rings. The third-order valence-corrected chi connectivity index (χ3v) is 5.68. The number of alkyl halides is 3. The van der Waals surface area contributed by atoms with Gasteiger partial charge in [0.05, 0.1) is 11.5 Å². The quantitative estimate of drug-likeness (QED) is 0.725. The molecule has 0 aromatic heterocycles. The predicted molar refractivity (Wildman–Crippen MR) is 92.3 cm³/mol. The number of carboxylic acid groups (broad SMARTS) is 1. The third-order valence-electron chi connectivity index (χ3n) is 5.68. The van der Waals surface area contributed by atoms with Crippen molar-refractivity contribution in [1.29, 1.82) is 0 Å². The monoisotopic (exact) mass is 384 g/mol. The fourth-order valence-corrected chi connectivity index (χ4v) is 3.70. The Labute approximate surface area is 155 Å². The summed E-state index contributed by atoms with van der Waals surface area (Å²) in [6.07, 6.45) is -0.341. The van der Waals surface area contributed by atoms with Gasteiger partial charge in [0.15, 0.2) is 0 Å². The minimum absolute atomic E-state index is 0.0400. The highest BCUT2D eigenvalue weighted by atomic mass is 19.4. The van der Waals surface area contributed by atoms with Gasteiger partial charge in [0.25, 0.3) is 0 Å². The normalized spacial score (nSPS) is 24.1. The summed E-state index contributed by atoms with van der Waals surface area (Å²) in [6.45, 7) is 0.370. The van der Waals surface area contributed by atoms with Crippen molar-refractivity contribution in [3.8, 4) is 0 Å². The van der Waals surface area contributed by atoms with E-state index in [1.54, 1.807) is 0 Å². The number of carbonyl (C=O) groups excluding carboxylic acids is 1. The zero-order valence-corrected chi connectivity index (χ0v) is 14.8. The number of aliphatic carboxylic acids is 1. The largest absolute Gasteiger partial charge is 0.481 e. The Bertz CT molecular complexity index is 691. The minimum atomic E-state index is -4.35. The smallest absolute Gasteiger partial charge is 0.416 e. The molecular formula is C19H23F3N2O3. The summed E-state index contributed by atoms with van der Waals surface area (Å²) in [5.74, 6) is -1.12. The van der Waals surface area contributed by atoms with Crippen LogP contribution in [0.15, 0.2) is 24.3 Å². The highest BCUT2D eigenvalue weighted by Crippen LogP contribution is 2.48. The molecule has 1 aromatic carbocycles. The summed E-state index contributed by atoms with van der Waals surface area (Å²) >= 11 is 0. The number of amides is 2. The highest BCUT2D eigenvalue weighted by molar-refractivity contribution is 5.74. The van der Waals surface area contributed by atoms with Crippen LogP contribution >= 0.6 is 0 Å². The molecule has 8 heteroatoms. The minimum Gasteiger partial charge on any atom is -0.481 e. The lowest BCUT2D eigenvalue weighted by Gasteiger charge is -2.27. The maximum absolute atomic E-state index is 12.7. The molecule has 0 saturated heterocycles. The van der Waals surface area contributed by atoms with Crippen molar-refractivity contribution >= 4 is 12.0 Å². The first kappa shape index (κ1) is 19.5. The van der Waals surface area contributed by atoms with Crippen LogP contribution in [0.5, 0.6) is 0 Å². The summed E-state index contributed by atoms with van der Waals surface area (Å²) in [6, 6.07) is 4.78. The second-order valence-electron chi connectivity index (χ2n) is 7.57. The average molecular weight is 384 g/mol. The van der Waals surface area contributed by atoms with Crippen LogP contribution in [-0.2, 0) is 16.4 Å². The number of hydrogen-bond donors (Lipinski definition) is 3. The first-order valence-corrected chi connectivity index (χ1v) is 9.14. The van der Waals surface area contributed by atoms with E-state index in [1.807, 2.05) is 0 Å². The van der Waals surface area contributed by atoms with E-state index >= 15 is 0 Å². The maximum atomic E-state index is 12.7. The lowest BCUT2D eigenvalue weighted by molar-refractivity contribution is -0.143. The summed E-state index contributed by atoms with van der Waals surface area (Å²) in [7, 11) is 0. The van der Waals surface area contributed by atoms with Gasteiger partial charge >= 0.3 is 18.2 Å². The van der Waals surface area contributed by atoms with E-state index in [0.717, 1.165) is 30.5 Å². The molecule has 2 fully saturated rings. The van der Waals surface area contributed by atoms with Crippen molar-refractivity contribution in [3.05, 3.63) is 35.4 Å². The molecular weight excluding hydrogens is 361 g/mol. The van der Waals surface area contributed by atoms with Gasteiger partial charge in [-0.3, -0.25) is 4.79 Å². The number of benzene rings is 1. The van der Waals surface area contributed by atoms with Crippen LogP contribution in [0.3, 0.4) is 0 Å². The average Bonchev–Trinajstić information content (AvgIpc) is 3.41. The van der Waals surface area contributed by atoms with E-state index in [0.29, 0.717) is 32.2 Å². The van der Waals surface area contributed by atoms with E-state index in [9.17, 15) is 22.8 Å². The van der Waals surface area contributed by atoms with E-state index in [1.165, 1.54) is 12.1 Å². The van der Waals surface area contributed by atoms with Crippen LogP contribution < -0.4 is 10.6 Å². The van der Waals surface area contributed by atoms with Gasteiger partial charge in [0, 0.05) is 18.0 Å². The molecule has 3 rings (SSSR count). The van der Waals surface area contributed by atoms with Crippen molar-refractivity contribution < 1.29 is 27.9 Å². The third kappa shape index (κ3) is 4.73. The first-order chi connectivity index (χ1) is 12.7. The van der Waals surface area contributed by atoms with Crippen LogP contribution in [0.2, 0.25) is 0 Å². The SMILES string of the molecule is O=C(NCC1(c2ccc(C(F)(F)F)cc2)CC1)NC1CCC(C(=O)O)CC1. The van der Waals surface area contributed by atoms with Crippen molar-refractivity contribution in [1.82, 2.24) is 10.6 Å². The number of rotatable bonds is 5. The van der Waals surface area contributed by atoms with Crippen LogP contribution in [0, 0.1) is 5.92 Å². The van der Waals surface area contributed by atoms with E-state index in [-0.39, 0.29) is 23.4 Å². The van der Waals surface area contributed by atoms with Gasteiger partial charge in [-0.2, -0.15) is 13.2 Å². The summed E-state index contributed by atoms with van der Waals surface area (Å²) in [4.78, 5) is 23.1. The second kappa shape index (κ2) is 7.40. The lowest BCUT2D eigenvalue weighted by atomic mass is 9.86.